The predicted octanol–water partition coefficient (Wildman–Crippen LogP) is 2.44. The number of hydrogen-bond acceptors (Lipinski definition) is 6. The van der Waals surface area contributed by atoms with Crippen LogP contribution in [0.2, 0.25) is 5.28 Å². The predicted molar refractivity (Wildman–Crippen MR) is 85.9 cm³/mol. The molecule has 2 heterocycles. The van der Waals surface area contributed by atoms with Crippen LogP contribution in [-0.4, -0.2) is 51.0 Å². The van der Waals surface area contributed by atoms with Crippen molar-refractivity contribution in [3.63, 3.8) is 0 Å². The summed E-state index contributed by atoms with van der Waals surface area (Å²) in [4.78, 5) is 19.7. The zero-order valence-corrected chi connectivity index (χ0v) is 13.7. The summed E-state index contributed by atoms with van der Waals surface area (Å²) in [6.45, 7) is 11.9. The van der Waals surface area contributed by atoms with Crippen molar-refractivity contribution in [1.82, 2.24) is 24.8 Å². The summed E-state index contributed by atoms with van der Waals surface area (Å²) in [5.74, 6) is 0.646. The highest BCUT2D eigenvalue weighted by Crippen LogP contribution is 2.20. The largest absolute Gasteiger partial charge is 0.367 e. The Labute approximate surface area is 130 Å². The van der Waals surface area contributed by atoms with Crippen LogP contribution in [-0.2, 0) is 0 Å². The molecule has 0 aromatic carbocycles. The zero-order valence-electron chi connectivity index (χ0n) is 12.9. The van der Waals surface area contributed by atoms with Gasteiger partial charge in [-0.25, -0.2) is 9.97 Å². The van der Waals surface area contributed by atoms with Crippen molar-refractivity contribution in [1.29, 1.82) is 0 Å². The summed E-state index contributed by atoms with van der Waals surface area (Å²) >= 11 is 5.97. The van der Waals surface area contributed by atoms with Crippen molar-refractivity contribution in [2.45, 2.75) is 27.7 Å². The van der Waals surface area contributed by atoms with E-state index in [9.17, 15) is 0 Å². The summed E-state index contributed by atoms with van der Waals surface area (Å²) in [6.07, 6.45) is 0. The molecule has 114 valence electrons. The Kier molecular flexibility index (Phi) is 5.25. The van der Waals surface area contributed by atoms with Gasteiger partial charge in [-0.1, -0.05) is 13.8 Å². The van der Waals surface area contributed by atoms with Gasteiger partial charge in [0.15, 0.2) is 17.0 Å². The van der Waals surface area contributed by atoms with Crippen LogP contribution in [0, 0.1) is 13.8 Å². The molecule has 0 amide bonds. The maximum atomic E-state index is 5.97. The van der Waals surface area contributed by atoms with E-state index < -0.39 is 0 Å². The number of aromatic nitrogens is 4. The van der Waals surface area contributed by atoms with Crippen LogP contribution in [0.15, 0.2) is 0 Å². The lowest BCUT2D eigenvalue weighted by Gasteiger charge is -2.18. The van der Waals surface area contributed by atoms with Crippen LogP contribution in [0.4, 0.5) is 5.82 Å². The molecule has 1 N–H and O–H groups in total. The second-order valence-electron chi connectivity index (χ2n) is 4.86. The highest BCUT2D eigenvalue weighted by Gasteiger charge is 2.11. The Morgan fingerprint density at radius 3 is 2.33 bits per heavy atom. The van der Waals surface area contributed by atoms with Crippen molar-refractivity contribution in [2.24, 2.45) is 0 Å². The van der Waals surface area contributed by atoms with Gasteiger partial charge in [-0.2, -0.15) is 9.97 Å². The van der Waals surface area contributed by atoms with Crippen molar-refractivity contribution in [2.75, 3.05) is 31.5 Å². The molecule has 0 aliphatic carbocycles. The normalized spacial score (nSPS) is 11.3. The SMILES string of the molecule is CCN(CC)CCNc1nc(Cl)nc2nc(C)c(C)nc12. The first-order valence-corrected chi connectivity index (χ1v) is 7.57. The molecule has 2 aromatic heterocycles. The molecule has 0 atom stereocenters. The van der Waals surface area contributed by atoms with E-state index in [0.717, 1.165) is 37.6 Å². The number of aryl methyl sites for hydroxylation is 2. The molecular weight excluding hydrogens is 288 g/mol. The molecule has 7 heteroatoms. The van der Waals surface area contributed by atoms with Crippen LogP contribution >= 0.6 is 11.6 Å². The molecule has 21 heavy (non-hydrogen) atoms. The van der Waals surface area contributed by atoms with Crippen LogP contribution in [0.25, 0.3) is 11.2 Å². The third-order valence-electron chi connectivity index (χ3n) is 3.53. The van der Waals surface area contributed by atoms with Crippen molar-refractivity contribution in [3.05, 3.63) is 16.7 Å². The monoisotopic (exact) mass is 308 g/mol. The number of halogens is 1. The number of nitrogens with one attached hydrogen (secondary N) is 1. The quantitative estimate of drug-likeness (QED) is 0.827. The molecule has 0 aliphatic rings. The smallest absolute Gasteiger partial charge is 0.226 e. The van der Waals surface area contributed by atoms with Crippen molar-refractivity contribution >= 4 is 28.6 Å². The maximum absolute atomic E-state index is 5.97. The molecule has 0 bridgehead atoms. The van der Waals surface area contributed by atoms with Gasteiger partial charge in [-0.05, 0) is 38.5 Å². The molecule has 0 radical (unpaired) electrons. The maximum Gasteiger partial charge on any atom is 0.226 e. The molecule has 6 nitrogen and oxygen atoms in total. The topological polar surface area (TPSA) is 66.8 Å². The molecule has 0 fully saturated rings. The summed E-state index contributed by atoms with van der Waals surface area (Å²) in [5.41, 5.74) is 2.93. The second-order valence-corrected chi connectivity index (χ2v) is 5.20. The number of hydrogen-bond donors (Lipinski definition) is 1. The fourth-order valence-corrected chi connectivity index (χ4v) is 2.25. The summed E-state index contributed by atoms with van der Waals surface area (Å²) < 4.78 is 0. The first kappa shape index (κ1) is 15.9. The minimum absolute atomic E-state index is 0.186. The minimum atomic E-state index is 0.186. The molecule has 0 spiro atoms. The van der Waals surface area contributed by atoms with Gasteiger partial charge in [0.2, 0.25) is 5.28 Å². The average molecular weight is 309 g/mol. The summed E-state index contributed by atoms with van der Waals surface area (Å²) in [7, 11) is 0. The van der Waals surface area contributed by atoms with E-state index in [1.165, 1.54) is 0 Å². The number of likely N-dealkylation sites (N-methyl/N-ethyl adjacent to an activating group) is 1. The van der Waals surface area contributed by atoms with E-state index in [-0.39, 0.29) is 5.28 Å². The Morgan fingerprint density at radius 2 is 1.67 bits per heavy atom. The highest BCUT2D eigenvalue weighted by molar-refractivity contribution is 6.28. The lowest BCUT2D eigenvalue weighted by atomic mass is 10.3. The first-order chi connectivity index (χ1) is 10.0. The van der Waals surface area contributed by atoms with Gasteiger partial charge in [0, 0.05) is 13.1 Å². The third-order valence-corrected chi connectivity index (χ3v) is 3.70. The number of nitrogens with zero attached hydrogens (tertiary/aromatic N) is 5. The van der Waals surface area contributed by atoms with Crippen LogP contribution in [0.3, 0.4) is 0 Å². The van der Waals surface area contributed by atoms with E-state index >= 15 is 0 Å². The number of rotatable bonds is 6. The summed E-state index contributed by atoms with van der Waals surface area (Å²) in [5, 5.41) is 3.48. The molecular formula is C14H21ClN6. The first-order valence-electron chi connectivity index (χ1n) is 7.19. The van der Waals surface area contributed by atoms with Crippen LogP contribution in [0.1, 0.15) is 25.2 Å². The lowest BCUT2D eigenvalue weighted by Crippen LogP contribution is -2.28. The molecule has 0 saturated heterocycles. The highest BCUT2D eigenvalue weighted by atomic mass is 35.5. The number of fused-ring (bicyclic) bond motifs is 1. The zero-order chi connectivity index (χ0) is 15.4. The van der Waals surface area contributed by atoms with E-state index in [1.54, 1.807) is 0 Å². The fraction of sp³-hybridized carbons (Fsp3) is 0.571. The minimum Gasteiger partial charge on any atom is -0.367 e. The van der Waals surface area contributed by atoms with Gasteiger partial charge < -0.3 is 10.2 Å². The van der Waals surface area contributed by atoms with E-state index in [2.05, 4.69) is 44.0 Å². The second kappa shape index (κ2) is 6.95. The Hall–Kier alpha value is -1.53. The van der Waals surface area contributed by atoms with E-state index in [0.29, 0.717) is 17.0 Å². The van der Waals surface area contributed by atoms with Gasteiger partial charge in [0.25, 0.3) is 0 Å². The number of anilines is 1. The van der Waals surface area contributed by atoms with Gasteiger partial charge in [0.1, 0.15) is 0 Å². The van der Waals surface area contributed by atoms with E-state index in [1.807, 2.05) is 13.8 Å². The van der Waals surface area contributed by atoms with Crippen LogP contribution < -0.4 is 5.32 Å². The van der Waals surface area contributed by atoms with Gasteiger partial charge >= 0.3 is 0 Å². The van der Waals surface area contributed by atoms with Crippen molar-refractivity contribution in [3.8, 4) is 0 Å². The molecule has 2 rings (SSSR count). The average Bonchev–Trinajstić information content (AvgIpc) is 2.45. The molecule has 0 saturated carbocycles. The standard InChI is InChI=1S/C14H21ClN6/c1-5-21(6-2)8-7-16-12-11-13(20-14(15)19-12)18-10(4)9(3)17-11/h5-8H2,1-4H3,(H,16,18,19,20). The molecule has 0 aliphatic heterocycles. The van der Waals surface area contributed by atoms with Gasteiger partial charge in [-0.3, -0.25) is 0 Å². The van der Waals surface area contributed by atoms with Gasteiger partial charge in [0.05, 0.1) is 11.4 Å². The van der Waals surface area contributed by atoms with E-state index in [4.69, 9.17) is 11.6 Å². The van der Waals surface area contributed by atoms with Crippen molar-refractivity contribution < 1.29 is 0 Å². The lowest BCUT2D eigenvalue weighted by molar-refractivity contribution is 0.316. The molecule has 0 unspecified atom stereocenters. The third kappa shape index (κ3) is 3.77. The summed E-state index contributed by atoms with van der Waals surface area (Å²) in [6, 6.07) is 0. The Bertz CT molecular complexity index is 626. The fourth-order valence-electron chi connectivity index (χ4n) is 2.08. The Balaban J connectivity index is 2.24. The molecule has 2 aromatic rings. The van der Waals surface area contributed by atoms with Gasteiger partial charge in [-0.15, -0.1) is 0 Å². The van der Waals surface area contributed by atoms with Crippen LogP contribution in [0.5, 0.6) is 0 Å². The Morgan fingerprint density at radius 1 is 1.00 bits per heavy atom.